The van der Waals surface area contributed by atoms with Gasteiger partial charge in [0.25, 0.3) is 5.89 Å². The van der Waals surface area contributed by atoms with Gasteiger partial charge in [-0.3, -0.25) is 0 Å². The summed E-state index contributed by atoms with van der Waals surface area (Å²) in [6.45, 7) is 8.20. The van der Waals surface area contributed by atoms with E-state index >= 15 is 0 Å². The maximum Gasteiger partial charge on any atom is 0.278 e. The number of hydrogen-bond donors (Lipinski definition) is 1. The first-order valence-electron chi connectivity index (χ1n) is 5.39. The average molecular weight is 220 g/mol. The number of aryl methyl sites for hydroxylation is 1. The Morgan fingerprint density at radius 2 is 2.12 bits per heavy atom. The third-order valence-electron chi connectivity index (χ3n) is 2.37. The minimum atomic E-state index is -0.107. The number of aromatic amines is 1. The monoisotopic (exact) mass is 220 g/mol. The van der Waals surface area contributed by atoms with Crippen molar-refractivity contribution in [1.82, 2.24) is 20.1 Å². The zero-order valence-corrected chi connectivity index (χ0v) is 10.0. The second-order valence-electron chi connectivity index (χ2n) is 4.76. The molecule has 0 bridgehead atoms. The molecule has 5 heteroatoms. The molecule has 0 amide bonds. The van der Waals surface area contributed by atoms with Crippen molar-refractivity contribution in [3.8, 4) is 11.6 Å². The SMILES string of the molecule is CCc1[nH]cnc1-c1nc(C(C)(C)C)no1. The first-order valence-corrected chi connectivity index (χ1v) is 5.39. The first kappa shape index (κ1) is 10.9. The van der Waals surface area contributed by atoms with E-state index in [1.807, 2.05) is 20.8 Å². The Hall–Kier alpha value is -1.65. The van der Waals surface area contributed by atoms with E-state index in [1.54, 1.807) is 6.33 Å². The smallest absolute Gasteiger partial charge is 0.278 e. The Morgan fingerprint density at radius 1 is 1.38 bits per heavy atom. The molecule has 1 N–H and O–H groups in total. The third kappa shape index (κ3) is 1.85. The second kappa shape index (κ2) is 3.73. The molecule has 0 saturated heterocycles. The van der Waals surface area contributed by atoms with Crippen LogP contribution < -0.4 is 0 Å². The molecule has 2 heterocycles. The van der Waals surface area contributed by atoms with Crippen LogP contribution in [0, 0.1) is 0 Å². The quantitative estimate of drug-likeness (QED) is 0.843. The minimum absolute atomic E-state index is 0.107. The molecule has 0 aliphatic carbocycles. The zero-order valence-electron chi connectivity index (χ0n) is 10.0. The zero-order chi connectivity index (χ0) is 11.8. The fraction of sp³-hybridized carbons (Fsp3) is 0.545. The number of aromatic nitrogens is 4. The Kier molecular flexibility index (Phi) is 2.53. The van der Waals surface area contributed by atoms with Crippen LogP contribution in [0.4, 0.5) is 0 Å². The van der Waals surface area contributed by atoms with Crippen molar-refractivity contribution >= 4 is 0 Å². The molecule has 0 aromatic carbocycles. The Labute approximate surface area is 94.3 Å². The lowest BCUT2D eigenvalue weighted by Gasteiger charge is -2.10. The molecule has 2 rings (SSSR count). The Bertz CT molecular complexity index is 478. The molecule has 16 heavy (non-hydrogen) atoms. The van der Waals surface area contributed by atoms with Crippen molar-refractivity contribution in [2.75, 3.05) is 0 Å². The van der Waals surface area contributed by atoms with Crippen LogP contribution >= 0.6 is 0 Å². The van der Waals surface area contributed by atoms with Crippen LogP contribution in [0.3, 0.4) is 0 Å². The minimum Gasteiger partial charge on any atom is -0.348 e. The van der Waals surface area contributed by atoms with Gasteiger partial charge in [-0.15, -0.1) is 0 Å². The van der Waals surface area contributed by atoms with Crippen LogP contribution in [0.25, 0.3) is 11.6 Å². The van der Waals surface area contributed by atoms with Gasteiger partial charge < -0.3 is 9.51 Å². The molecule has 0 spiro atoms. The fourth-order valence-electron chi connectivity index (χ4n) is 1.40. The molecule has 0 aliphatic heterocycles. The molecular formula is C11H16N4O. The molecule has 0 fully saturated rings. The van der Waals surface area contributed by atoms with Crippen LogP contribution in [0.15, 0.2) is 10.9 Å². The average Bonchev–Trinajstić information content (AvgIpc) is 2.84. The largest absolute Gasteiger partial charge is 0.348 e. The lowest BCUT2D eigenvalue weighted by Crippen LogP contribution is -2.13. The lowest BCUT2D eigenvalue weighted by molar-refractivity contribution is 0.401. The lowest BCUT2D eigenvalue weighted by atomic mass is 9.96. The summed E-state index contributed by atoms with van der Waals surface area (Å²) in [4.78, 5) is 11.6. The van der Waals surface area contributed by atoms with Crippen molar-refractivity contribution in [3.63, 3.8) is 0 Å². The van der Waals surface area contributed by atoms with Gasteiger partial charge in [-0.1, -0.05) is 32.9 Å². The summed E-state index contributed by atoms with van der Waals surface area (Å²) in [7, 11) is 0. The van der Waals surface area contributed by atoms with Crippen LogP contribution in [0.2, 0.25) is 0 Å². The second-order valence-corrected chi connectivity index (χ2v) is 4.76. The molecule has 0 saturated carbocycles. The maximum atomic E-state index is 5.23. The topological polar surface area (TPSA) is 67.6 Å². The van der Waals surface area contributed by atoms with E-state index < -0.39 is 0 Å². The Balaban J connectivity index is 2.39. The highest BCUT2D eigenvalue weighted by Crippen LogP contribution is 2.24. The van der Waals surface area contributed by atoms with Gasteiger partial charge in [0, 0.05) is 11.1 Å². The van der Waals surface area contributed by atoms with Crippen molar-refractivity contribution in [3.05, 3.63) is 17.8 Å². The summed E-state index contributed by atoms with van der Waals surface area (Å²) < 4.78 is 5.23. The van der Waals surface area contributed by atoms with Gasteiger partial charge in [-0.2, -0.15) is 4.98 Å². The van der Waals surface area contributed by atoms with Crippen LogP contribution in [0.1, 0.15) is 39.2 Å². The highest BCUT2D eigenvalue weighted by molar-refractivity contribution is 5.50. The van der Waals surface area contributed by atoms with Crippen molar-refractivity contribution in [1.29, 1.82) is 0 Å². The predicted molar refractivity (Wildman–Crippen MR) is 60.0 cm³/mol. The van der Waals surface area contributed by atoms with Crippen molar-refractivity contribution in [2.45, 2.75) is 39.5 Å². The fourth-order valence-corrected chi connectivity index (χ4v) is 1.40. The number of rotatable bonds is 2. The number of hydrogen-bond acceptors (Lipinski definition) is 4. The van der Waals surface area contributed by atoms with Crippen LogP contribution in [-0.2, 0) is 11.8 Å². The summed E-state index contributed by atoms with van der Waals surface area (Å²) in [6.07, 6.45) is 2.51. The summed E-state index contributed by atoms with van der Waals surface area (Å²) in [5.74, 6) is 1.19. The third-order valence-corrected chi connectivity index (χ3v) is 2.37. The molecule has 0 aliphatic rings. The Morgan fingerprint density at radius 3 is 2.69 bits per heavy atom. The van der Waals surface area contributed by atoms with Gasteiger partial charge in [0.1, 0.15) is 5.69 Å². The highest BCUT2D eigenvalue weighted by Gasteiger charge is 2.23. The summed E-state index contributed by atoms with van der Waals surface area (Å²) in [5.41, 5.74) is 1.67. The summed E-state index contributed by atoms with van der Waals surface area (Å²) in [5, 5.41) is 3.98. The molecular weight excluding hydrogens is 204 g/mol. The van der Waals surface area contributed by atoms with E-state index in [0.717, 1.165) is 17.8 Å². The summed E-state index contributed by atoms with van der Waals surface area (Å²) >= 11 is 0. The van der Waals surface area contributed by atoms with Crippen molar-refractivity contribution < 1.29 is 4.52 Å². The maximum absolute atomic E-state index is 5.23. The molecule has 0 atom stereocenters. The molecule has 5 nitrogen and oxygen atoms in total. The van der Waals surface area contributed by atoms with E-state index in [-0.39, 0.29) is 5.41 Å². The van der Waals surface area contributed by atoms with Gasteiger partial charge in [0.2, 0.25) is 0 Å². The number of imidazole rings is 1. The molecule has 0 unspecified atom stereocenters. The van der Waals surface area contributed by atoms with Gasteiger partial charge in [0.05, 0.1) is 6.33 Å². The predicted octanol–water partition coefficient (Wildman–Crippen LogP) is 2.32. The van der Waals surface area contributed by atoms with E-state index in [9.17, 15) is 0 Å². The van der Waals surface area contributed by atoms with Crippen LogP contribution in [0.5, 0.6) is 0 Å². The molecule has 0 radical (unpaired) electrons. The van der Waals surface area contributed by atoms with Gasteiger partial charge in [-0.05, 0) is 6.42 Å². The first-order chi connectivity index (χ1) is 7.52. The van der Waals surface area contributed by atoms with Gasteiger partial charge in [0.15, 0.2) is 5.82 Å². The standard InChI is InChI=1S/C11H16N4O/c1-5-7-8(13-6-12-7)9-14-10(15-16-9)11(2,3)4/h6H,5H2,1-4H3,(H,12,13). The van der Waals surface area contributed by atoms with E-state index in [4.69, 9.17) is 4.52 Å². The molecule has 2 aromatic rings. The number of nitrogens with zero attached hydrogens (tertiary/aromatic N) is 3. The molecule has 86 valence electrons. The van der Waals surface area contributed by atoms with E-state index in [2.05, 4.69) is 27.0 Å². The van der Waals surface area contributed by atoms with Crippen LogP contribution in [-0.4, -0.2) is 20.1 Å². The van der Waals surface area contributed by atoms with Crippen molar-refractivity contribution in [2.24, 2.45) is 0 Å². The van der Waals surface area contributed by atoms with Gasteiger partial charge in [-0.25, -0.2) is 4.98 Å². The number of nitrogens with one attached hydrogen (secondary N) is 1. The molecule has 2 aromatic heterocycles. The normalized spacial score (nSPS) is 12.0. The van der Waals surface area contributed by atoms with E-state index in [1.165, 1.54) is 0 Å². The summed E-state index contributed by atoms with van der Waals surface area (Å²) in [6, 6.07) is 0. The highest BCUT2D eigenvalue weighted by atomic mass is 16.5. The van der Waals surface area contributed by atoms with E-state index in [0.29, 0.717) is 11.7 Å². The van der Waals surface area contributed by atoms with Gasteiger partial charge >= 0.3 is 0 Å². The number of H-pyrrole nitrogens is 1.